The van der Waals surface area contributed by atoms with Crippen LogP contribution < -0.4 is 5.73 Å². The average molecular weight is 241 g/mol. The second kappa shape index (κ2) is 4.03. The fourth-order valence-corrected chi connectivity index (χ4v) is 1.81. The lowest BCUT2D eigenvalue weighted by Gasteiger charge is -2.10. The summed E-state index contributed by atoms with van der Waals surface area (Å²) in [5, 5.41) is 5.09. The van der Waals surface area contributed by atoms with Gasteiger partial charge in [0, 0.05) is 5.39 Å². The van der Waals surface area contributed by atoms with Gasteiger partial charge in [0.25, 0.3) is 0 Å². The van der Waals surface area contributed by atoms with Crippen LogP contribution in [-0.2, 0) is 0 Å². The first kappa shape index (κ1) is 11.4. The topological polar surface area (TPSA) is 43.8 Å². The van der Waals surface area contributed by atoms with Gasteiger partial charge in [-0.05, 0) is 25.5 Å². The molecule has 85 valence electrons. The zero-order valence-electron chi connectivity index (χ0n) is 9.04. The maximum absolute atomic E-state index is 13.3. The normalized spacial score (nSPS) is 13.3. The Bertz CT molecular complexity index is 535. The van der Waals surface area contributed by atoms with Crippen molar-refractivity contribution in [2.24, 2.45) is 5.73 Å². The van der Waals surface area contributed by atoms with Gasteiger partial charge in [-0.25, -0.2) is 9.07 Å². The highest BCUT2D eigenvalue weighted by atomic mass is 35.5. The molecule has 1 unspecified atom stereocenters. The molecular weight excluding hydrogens is 229 g/mol. The van der Waals surface area contributed by atoms with E-state index in [2.05, 4.69) is 5.10 Å². The van der Waals surface area contributed by atoms with E-state index >= 15 is 0 Å². The molecule has 1 radical (unpaired) electrons. The molecule has 1 heterocycles. The Balaban J connectivity index is 2.73. The van der Waals surface area contributed by atoms with Crippen LogP contribution >= 0.6 is 11.6 Å². The SMILES string of the molecule is C[CH]C(N)n1nc(C)c2cc(F)c(Cl)cc21. The molecule has 16 heavy (non-hydrogen) atoms. The van der Waals surface area contributed by atoms with Gasteiger partial charge >= 0.3 is 0 Å². The van der Waals surface area contributed by atoms with E-state index in [-0.39, 0.29) is 11.2 Å². The number of nitrogens with zero attached hydrogens (tertiary/aromatic N) is 2. The zero-order chi connectivity index (χ0) is 11.9. The van der Waals surface area contributed by atoms with Crippen LogP contribution in [0.15, 0.2) is 12.1 Å². The monoisotopic (exact) mass is 240 g/mol. The van der Waals surface area contributed by atoms with E-state index in [9.17, 15) is 4.39 Å². The second-order valence-electron chi connectivity index (χ2n) is 3.64. The maximum Gasteiger partial charge on any atom is 0.142 e. The third kappa shape index (κ3) is 1.68. The Morgan fingerprint density at radius 2 is 2.25 bits per heavy atom. The lowest BCUT2D eigenvalue weighted by atomic mass is 10.2. The fourth-order valence-electron chi connectivity index (χ4n) is 1.65. The summed E-state index contributed by atoms with van der Waals surface area (Å²) in [7, 11) is 0. The van der Waals surface area contributed by atoms with Crippen LogP contribution in [0.3, 0.4) is 0 Å². The van der Waals surface area contributed by atoms with Gasteiger partial charge in [0.15, 0.2) is 0 Å². The minimum Gasteiger partial charge on any atom is -0.309 e. The molecular formula is C11H12ClFN3. The number of aryl methyl sites for hydroxylation is 1. The Hall–Kier alpha value is -1.13. The van der Waals surface area contributed by atoms with Crippen molar-refractivity contribution in [3.05, 3.63) is 35.1 Å². The summed E-state index contributed by atoms with van der Waals surface area (Å²) in [6, 6.07) is 2.94. The van der Waals surface area contributed by atoms with E-state index in [1.807, 2.05) is 20.3 Å². The number of fused-ring (bicyclic) bond motifs is 1. The summed E-state index contributed by atoms with van der Waals surface area (Å²) in [6.45, 7) is 3.66. The zero-order valence-corrected chi connectivity index (χ0v) is 9.79. The molecule has 0 aliphatic heterocycles. The quantitative estimate of drug-likeness (QED) is 0.877. The van der Waals surface area contributed by atoms with Crippen molar-refractivity contribution < 1.29 is 4.39 Å². The molecule has 0 bridgehead atoms. The maximum atomic E-state index is 13.3. The largest absolute Gasteiger partial charge is 0.309 e. The molecule has 0 aliphatic carbocycles. The summed E-state index contributed by atoms with van der Waals surface area (Å²) < 4.78 is 14.9. The predicted molar refractivity (Wildman–Crippen MR) is 62.6 cm³/mol. The number of rotatable bonds is 2. The Kier molecular flexibility index (Phi) is 2.86. The summed E-state index contributed by atoms with van der Waals surface area (Å²) in [5.74, 6) is -0.439. The molecule has 0 spiro atoms. The minimum atomic E-state index is -0.439. The summed E-state index contributed by atoms with van der Waals surface area (Å²) >= 11 is 5.75. The van der Waals surface area contributed by atoms with E-state index in [4.69, 9.17) is 17.3 Å². The van der Waals surface area contributed by atoms with Crippen molar-refractivity contribution in [1.29, 1.82) is 0 Å². The smallest absolute Gasteiger partial charge is 0.142 e. The van der Waals surface area contributed by atoms with Gasteiger partial charge in [0.2, 0.25) is 0 Å². The van der Waals surface area contributed by atoms with E-state index < -0.39 is 5.82 Å². The number of hydrogen-bond acceptors (Lipinski definition) is 2. The number of halogens is 2. The van der Waals surface area contributed by atoms with Gasteiger partial charge in [-0.15, -0.1) is 0 Å². The Labute approximate surface area is 98.0 Å². The van der Waals surface area contributed by atoms with Crippen LogP contribution in [0.4, 0.5) is 4.39 Å². The average Bonchev–Trinajstić information content (AvgIpc) is 2.56. The van der Waals surface area contributed by atoms with Gasteiger partial charge < -0.3 is 5.73 Å². The predicted octanol–water partition coefficient (Wildman–Crippen LogP) is 2.82. The van der Waals surface area contributed by atoms with E-state index in [1.54, 1.807) is 10.7 Å². The third-order valence-corrected chi connectivity index (χ3v) is 2.85. The molecule has 0 aliphatic rings. The Morgan fingerprint density at radius 3 is 2.88 bits per heavy atom. The number of benzene rings is 1. The Morgan fingerprint density at radius 1 is 1.56 bits per heavy atom. The van der Waals surface area contributed by atoms with Crippen LogP contribution in [0.2, 0.25) is 5.02 Å². The van der Waals surface area contributed by atoms with Gasteiger partial charge in [-0.1, -0.05) is 18.5 Å². The summed E-state index contributed by atoms with van der Waals surface area (Å²) in [5.41, 5.74) is 7.35. The first-order valence-corrected chi connectivity index (χ1v) is 5.31. The highest BCUT2D eigenvalue weighted by Crippen LogP contribution is 2.26. The van der Waals surface area contributed by atoms with Gasteiger partial charge in [-0.2, -0.15) is 5.10 Å². The molecule has 2 aromatic rings. The highest BCUT2D eigenvalue weighted by molar-refractivity contribution is 6.31. The van der Waals surface area contributed by atoms with Gasteiger partial charge in [-0.3, -0.25) is 0 Å². The molecule has 1 atom stereocenters. The van der Waals surface area contributed by atoms with Crippen LogP contribution in [0.1, 0.15) is 18.8 Å². The lowest BCUT2D eigenvalue weighted by molar-refractivity contribution is 0.541. The lowest BCUT2D eigenvalue weighted by Crippen LogP contribution is -2.19. The van der Waals surface area contributed by atoms with Gasteiger partial charge in [0.05, 0.1) is 16.2 Å². The molecule has 5 heteroatoms. The van der Waals surface area contributed by atoms with Gasteiger partial charge in [0.1, 0.15) is 12.0 Å². The molecule has 3 nitrogen and oxygen atoms in total. The molecule has 0 fully saturated rings. The van der Waals surface area contributed by atoms with E-state index in [0.717, 1.165) is 16.6 Å². The standard InChI is InChI=1S/C11H12ClFN3/c1-3-11(14)16-10-5-8(12)9(13)4-7(10)6(2)15-16/h3-5,11H,14H2,1-2H3. The first-order chi connectivity index (χ1) is 7.54. The van der Waals surface area contributed by atoms with Crippen molar-refractivity contribution in [2.45, 2.75) is 20.0 Å². The first-order valence-electron chi connectivity index (χ1n) is 4.93. The van der Waals surface area contributed by atoms with Crippen LogP contribution in [0.25, 0.3) is 10.9 Å². The molecule has 0 saturated heterocycles. The number of aromatic nitrogens is 2. The van der Waals surface area contributed by atoms with Crippen molar-refractivity contribution in [3.8, 4) is 0 Å². The van der Waals surface area contributed by atoms with Crippen molar-refractivity contribution in [3.63, 3.8) is 0 Å². The third-order valence-electron chi connectivity index (χ3n) is 2.56. The molecule has 0 saturated carbocycles. The molecule has 2 rings (SSSR count). The molecule has 1 aromatic carbocycles. The van der Waals surface area contributed by atoms with Crippen LogP contribution in [0.5, 0.6) is 0 Å². The number of hydrogen-bond donors (Lipinski definition) is 1. The van der Waals surface area contributed by atoms with Crippen molar-refractivity contribution in [1.82, 2.24) is 9.78 Å². The van der Waals surface area contributed by atoms with Crippen LogP contribution in [-0.4, -0.2) is 9.78 Å². The highest BCUT2D eigenvalue weighted by Gasteiger charge is 2.14. The molecule has 2 N–H and O–H groups in total. The molecule has 0 amide bonds. The number of nitrogens with two attached hydrogens (primary N) is 1. The van der Waals surface area contributed by atoms with E-state index in [1.165, 1.54) is 6.07 Å². The molecule has 1 aromatic heterocycles. The van der Waals surface area contributed by atoms with Crippen molar-refractivity contribution >= 4 is 22.5 Å². The van der Waals surface area contributed by atoms with Crippen molar-refractivity contribution in [2.75, 3.05) is 0 Å². The summed E-state index contributed by atoms with van der Waals surface area (Å²) in [6.07, 6.45) is 1.47. The summed E-state index contributed by atoms with van der Waals surface area (Å²) in [4.78, 5) is 0. The second-order valence-corrected chi connectivity index (χ2v) is 4.04. The van der Waals surface area contributed by atoms with E-state index in [0.29, 0.717) is 0 Å². The fraction of sp³-hybridized carbons (Fsp3) is 0.273. The van der Waals surface area contributed by atoms with Crippen LogP contribution in [0, 0.1) is 19.2 Å². The minimum absolute atomic E-state index is 0.0805.